The summed E-state index contributed by atoms with van der Waals surface area (Å²) in [6.45, 7) is -2.12. The Labute approximate surface area is 182 Å². The Hall–Kier alpha value is -2.63. The van der Waals surface area contributed by atoms with Crippen LogP contribution in [0.25, 0.3) is 0 Å². The van der Waals surface area contributed by atoms with Crippen molar-refractivity contribution < 1.29 is 31.2 Å². The lowest BCUT2D eigenvalue weighted by atomic mass is 10.2. The molecule has 12 heteroatoms. The molecule has 0 heterocycles. The van der Waals surface area contributed by atoms with Gasteiger partial charge < -0.3 is 10.2 Å². The van der Waals surface area contributed by atoms with Crippen molar-refractivity contribution in [2.24, 2.45) is 0 Å². The van der Waals surface area contributed by atoms with Gasteiger partial charge >= 0.3 is 18.0 Å². The van der Waals surface area contributed by atoms with E-state index in [2.05, 4.69) is 10.0 Å². The first-order valence-electron chi connectivity index (χ1n) is 8.77. The first-order valence-corrected chi connectivity index (χ1v) is 11.0. The van der Waals surface area contributed by atoms with Crippen LogP contribution in [-0.2, 0) is 32.7 Å². The summed E-state index contributed by atoms with van der Waals surface area (Å²) in [5.74, 6) is -2.63. The van der Waals surface area contributed by atoms with E-state index in [4.69, 9.17) is 11.6 Å². The summed E-state index contributed by atoms with van der Waals surface area (Å²) >= 11 is 5.76. The molecule has 0 saturated heterocycles. The molecule has 0 unspecified atom stereocenters. The van der Waals surface area contributed by atoms with E-state index in [-0.39, 0.29) is 12.2 Å². The third kappa shape index (κ3) is 8.95. The molecule has 0 fully saturated rings. The molecule has 2 amide bonds. The molecule has 0 radical (unpaired) electrons. The Morgan fingerprint density at radius 3 is 2.29 bits per heavy atom. The molecule has 2 rings (SSSR count). The smallest absolute Gasteiger partial charge is 0.321 e. The Kier molecular flexibility index (Phi) is 8.04. The number of halogens is 4. The minimum atomic E-state index is -4.71. The average Bonchev–Trinajstić information content (AvgIpc) is 2.66. The molecule has 0 atom stereocenters. The van der Waals surface area contributed by atoms with Crippen LogP contribution < -0.4 is 10.0 Å². The highest BCUT2D eigenvalue weighted by Crippen LogP contribution is 2.20. The number of amides is 2. The number of benzene rings is 2. The van der Waals surface area contributed by atoms with E-state index in [1.807, 2.05) is 0 Å². The summed E-state index contributed by atoms with van der Waals surface area (Å²) in [4.78, 5) is 25.1. The molecular formula is C19H19ClF3N3O4S. The Bertz CT molecular complexity index is 1040. The van der Waals surface area contributed by atoms with E-state index in [0.29, 0.717) is 21.0 Å². The molecule has 0 aromatic heterocycles. The molecule has 0 saturated carbocycles. The lowest BCUT2D eigenvalue weighted by Crippen LogP contribution is -2.44. The Morgan fingerprint density at radius 2 is 1.71 bits per heavy atom. The van der Waals surface area contributed by atoms with Crippen molar-refractivity contribution in [1.29, 1.82) is 0 Å². The fourth-order valence-electron chi connectivity index (χ4n) is 2.53. The highest BCUT2D eigenvalue weighted by atomic mass is 35.5. The molecule has 168 valence electrons. The van der Waals surface area contributed by atoms with E-state index in [0.717, 1.165) is 6.26 Å². The van der Waals surface area contributed by atoms with E-state index in [1.54, 1.807) is 6.07 Å². The van der Waals surface area contributed by atoms with E-state index in [9.17, 15) is 31.2 Å². The van der Waals surface area contributed by atoms with Gasteiger partial charge in [-0.05, 0) is 35.4 Å². The maximum Gasteiger partial charge on any atom is 0.406 e. The van der Waals surface area contributed by atoms with Crippen molar-refractivity contribution in [1.82, 2.24) is 9.62 Å². The number of carbonyl (C=O) groups excluding carboxylic acids is 2. The zero-order valence-corrected chi connectivity index (χ0v) is 17.8. The molecule has 7 nitrogen and oxygen atoms in total. The van der Waals surface area contributed by atoms with Gasteiger partial charge in [0.1, 0.15) is 6.54 Å². The molecule has 0 spiro atoms. The topological polar surface area (TPSA) is 95.6 Å². The van der Waals surface area contributed by atoms with Gasteiger partial charge in [-0.15, -0.1) is 0 Å². The van der Waals surface area contributed by atoms with Gasteiger partial charge in [0.05, 0.1) is 6.26 Å². The van der Waals surface area contributed by atoms with Crippen molar-refractivity contribution in [2.75, 3.05) is 18.1 Å². The number of hydrogen-bond acceptors (Lipinski definition) is 4. The number of hydrogen-bond donors (Lipinski definition) is 2. The number of anilines is 1. The summed E-state index contributed by atoms with van der Waals surface area (Å²) in [6, 6.07) is 11.7. The Balaban J connectivity index is 2.13. The molecule has 2 N–H and O–H groups in total. The monoisotopic (exact) mass is 477 g/mol. The Morgan fingerprint density at radius 1 is 1.06 bits per heavy atom. The van der Waals surface area contributed by atoms with Gasteiger partial charge in [-0.2, -0.15) is 13.2 Å². The molecule has 0 aliphatic carbocycles. The molecule has 31 heavy (non-hydrogen) atoms. The van der Waals surface area contributed by atoms with Gasteiger partial charge in [-0.1, -0.05) is 35.9 Å². The van der Waals surface area contributed by atoms with Crippen LogP contribution in [-0.4, -0.2) is 44.1 Å². The fourth-order valence-corrected chi connectivity index (χ4v) is 3.08. The standard InChI is InChI=1S/C19H19ClF3N3O4S/c1-31(29,30)24-10-14-3-2-4-16(9-14)25-17(27)18(28)26(12-19(21,22)23)11-13-5-7-15(20)8-6-13/h2-9,24H,10-12H2,1H3,(H,25,27). The van der Waals surface area contributed by atoms with Crippen molar-refractivity contribution in [3.05, 3.63) is 64.7 Å². The summed E-state index contributed by atoms with van der Waals surface area (Å²) in [5, 5.41) is 2.62. The zero-order chi connectivity index (χ0) is 23.2. The van der Waals surface area contributed by atoms with Crippen LogP contribution in [0.2, 0.25) is 5.02 Å². The summed E-state index contributed by atoms with van der Waals surface area (Å²) < 4.78 is 63.5. The second kappa shape index (κ2) is 10.1. The number of alkyl halides is 3. The minimum absolute atomic E-state index is 0.0622. The SMILES string of the molecule is CS(=O)(=O)NCc1cccc(NC(=O)C(=O)N(Cc2ccc(Cl)cc2)CC(F)(F)F)c1. The lowest BCUT2D eigenvalue weighted by molar-refractivity contribution is -0.164. The van der Waals surface area contributed by atoms with Gasteiger partial charge in [0.2, 0.25) is 10.0 Å². The van der Waals surface area contributed by atoms with Crippen LogP contribution in [0.3, 0.4) is 0 Å². The van der Waals surface area contributed by atoms with Crippen molar-refractivity contribution in [2.45, 2.75) is 19.3 Å². The number of rotatable bonds is 7. The number of nitrogens with one attached hydrogen (secondary N) is 2. The van der Waals surface area contributed by atoms with Crippen molar-refractivity contribution in [3.63, 3.8) is 0 Å². The third-order valence-corrected chi connectivity index (χ3v) is 4.78. The van der Waals surface area contributed by atoms with Gasteiger partial charge in [0, 0.05) is 23.8 Å². The van der Waals surface area contributed by atoms with Gasteiger partial charge in [-0.25, -0.2) is 13.1 Å². The summed E-state index contributed by atoms with van der Waals surface area (Å²) in [6.07, 6.45) is -3.73. The predicted octanol–water partition coefficient (Wildman–Crippen LogP) is 2.92. The van der Waals surface area contributed by atoms with Crippen LogP contribution in [0.15, 0.2) is 48.5 Å². The molecule has 2 aromatic rings. The molecule has 0 aliphatic rings. The van der Waals surface area contributed by atoms with E-state index >= 15 is 0 Å². The number of sulfonamides is 1. The van der Waals surface area contributed by atoms with Gasteiger partial charge in [0.15, 0.2) is 0 Å². The lowest BCUT2D eigenvalue weighted by Gasteiger charge is -2.23. The van der Waals surface area contributed by atoms with Crippen LogP contribution in [0.1, 0.15) is 11.1 Å². The molecule has 2 aromatic carbocycles. The summed E-state index contributed by atoms with van der Waals surface area (Å²) in [7, 11) is -3.45. The zero-order valence-electron chi connectivity index (χ0n) is 16.2. The van der Waals surface area contributed by atoms with Crippen LogP contribution in [0.4, 0.5) is 18.9 Å². The first-order chi connectivity index (χ1) is 14.3. The third-order valence-electron chi connectivity index (χ3n) is 3.86. The average molecular weight is 478 g/mol. The quantitative estimate of drug-likeness (QED) is 0.599. The highest BCUT2D eigenvalue weighted by molar-refractivity contribution is 7.88. The fraction of sp³-hybridized carbons (Fsp3) is 0.263. The molecule has 0 aliphatic heterocycles. The highest BCUT2D eigenvalue weighted by Gasteiger charge is 2.35. The van der Waals surface area contributed by atoms with Crippen LogP contribution in [0, 0.1) is 0 Å². The van der Waals surface area contributed by atoms with Crippen LogP contribution >= 0.6 is 11.6 Å². The van der Waals surface area contributed by atoms with Gasteiger partial charge in [0.25, 0.3) is 0 Å². The van der Waals surface area contributed by atoms with Crippen molar-refractivity contribution in [3.8, 4) is 0 Å². The minimum Gasteiger partial charge on any atom is -0.321 e. The van der Waals surface area contributed by atoms with E-state index < -0.39 is 41.1 Å². The van der Waals surface area contributed by atoms with Gasteiger partial charge in [-0.3, -0.25) is 9.59 Å². The molecule has 0 bridgehead atoms. The maximum absolute atomic E-state index is 13.0. The normalized spacial score (nSPS) is 11.8. The summed E-state index contributed by atoms with van der Waals surface area (Å²) in [5.41, 5.74) is 0.970. The first kappa shape index (κ1) is 24.6. The predicted molar refractivity (Wildman–Crippen MR) is 110 cm³/mol. The number of nitrogens with zero attached hydrogens (tertiary/aromatic N) is 1. The number of carbonyl (C=O) groups is 2. The van der Waals surface area contributed by atoms with Crippen LogP contribution in [0.5, 0.6) is 0 Å². The largest absolute Gasteiger partial charge is 0.406 e. The van der Waals surface area contributed by atoms with Crippen molar-refractivity contribution >= 4 is 39.1 Å². The second-order valence-corrected chi connectivity index (χ2v) is 8.92. The second-order valence-electron chi connectivity index (χ2n) is 6.65. The molecular weight excluding hydrogens is 459 g/mol. The van der Waals surface area contributed by atoms with E-state index in [1.165, 1.54) is 42.5 Å². The maximum atomic E-state index is 13.0.